The number of benzene rings is 2. The highest BCUT2D eigenvalue weighted by Gasteiger charge is 2.60. The lowest BCUT2D eigenvalue weighted by atomic mass is 9.71. The number of sulfone groups is 1. The Morgan fingerprint density at radius 2 is 1.44 bits per heavy atom. The van der Waals surface area contributed by atoms with Crippen LogP contribution in [-0.2, 0) is 31.1 Å². The molecule has 1 saturated heterocycles. The zero-order valence-corrected chi connectivity index (χ0v) is 32.0. The monoisotopic (exact) mass is 741 g/mol. The number of hydrogen-bond acceptors (Lipinski definition) is 7. The number of carbonyl (C=O) groups is 2. The van der Waals surface area contributed by atoms with E-state index >= 15 is 4.79 Å². The molecule has 0 unspecified atom stereocenters. The molecule has 1 aromatic heterocycles. The van der Waals surface area contributed by atoms with Gasteiger partial charge < -0.3 is 14.5 Å². The molecule has 1 fully saturated rings. The summed E-state index contributed by atoms with van der Waals surface area (Å²) in [5.41, 5.74) is 0.646. The number of ether oxygens (including phenoxy) is 1. The van der Waals surface area contributed by atoms with Gasteiger partial charge in [-0.25, -0.2) is 13.2 Å². The lowest BCUT2D eigenvalue weighted by Gasteiger charge is -2.47. The van der Waals surface area contributed by atoms with Gasteiger partial charge in [-0.1, -0.05) is 68.2 Å². The fourth-order valence-corrected chi connectivity index (χ4v) is 7.37. The molecule has 0 saturated carbocycles. The van der Waals surface area contributed by atoms with Crippen LogP contribution in [0.4, 0.5) is 4.79 Å². The van der Waals surface area contributed by atoms with Crippen molar-refractivity contribution >= 4 is 50.8 Å². The van der Waals surface area contributed by atoms with Crippen molar-refractivity contribution in [2.45, 2.75) is 64.5 Å². The summed E-state index contributed by atoms with van der Waals surface area (Å²) in [4.78, 5) is 43.4. The number of hydrogen-bond donors (Lipinski definition) is 0. The summed E-state index contributed by atoms with van der Waals surface area (Å²) in [7, 11) is -3.29. The molecule has 2 aromatic carbocycles. The van der Waals surface area contributed by atoms with Gasteiger partial charge in [-0.15, -0.1) is 0 Å². The smallest absolute Gasteiger partial charge is 0.326 e. The van der Waals surface area contributed by atoms with Crippen molar-refractivity contribution in [3.05, 3.63) is 93.2 Å². The first-order valence-electron chi connectivity index (χ1n) is 16.7. The molecular formula is C37H45Cl2N5O5S. The molecule has 2 atom stereocenters. The van der Waals surface area contributed by atoms with E-state index < -0.39 is 20.9 Å². The molecule has 0 N–H and O–H groups in total. The van der Waals surface area contributed by atoms with Crippen molar-refractivity contribution in [2.75, 3.05) is 44.8 Å². The summed E-state index contributed by atoms with van der Waals surface area (Å²) in [6.45, 7) is 13.6. The fraction of sp³-hybridized carbons (Fsp3) is 0.459. The third-order valence-electron chi connectivity index (χ3n) is 9.71. The van der Waals surface area contributed by atoms with Gasteiger partial charge in [-0.2, -0.15) is 0 Å². The van der Waals surface area contributed by atoms with Crippen molar-refractivity contribution < 1.29 is 22.7 Å². The SMILES string of the molecule is CCOc1cc(C(C)(C)C)ncc1C1=N[C@@](C)(c2ccc(Cl)cc2)[C@@](C)(c2ccc(Cl)cc2)N1C(=O)N1CCN(C(=O)CCS(C)(=O)=O)CC1. The first-order chi connectivity index (χ1) is 23.4. The average molecular weight is 743 g/mol. The van der Waals surface area contributed by atoms with Gasteiger partial charge in [0.1, 0.15) is 32.5 Å². The van der Waals surface area contributed by atoms with E-state index in [1.54, 1.807) is 33.0 Å². The number of urea groups is 1. The zero-order chi connectivity index (χ0) is 36.6. The van der Waals surface area contributed by atoms with Crippen LogP contribution < -0.4 is 4.74 Å². The number of piperazine rings is 1. The lowest BCUT2D eigenvalue weighted by Crippen LogP contribution is -2.61. The topological polar surface area (TPSA) is 112 Å². The van der Waals surface area contributed by atoms with Crippen LogP contribution in [0.2, 0.25) is 10.0 Å². The highest BCUT2D eigenvalue weighted by Crippen LogP contribution is 2.54. The van der Waals surface area contributed by atoms with Gasteiger partial charge in [0, 0.05) is 72.3 Å². The van der Waals surface area contributed by atoms with Gasteiger partial charge in [0.25, 0.3) is 0 Å². The standard InChI is InChI=1S/C37H45Cl2N5O5S/c1-8-49-30-23-31(35(2,3)4)40-24-29(30)33-41-36(5,25-9-13-27(38)14-10-25)37(6,26-11-15-28(39)16-12-26)44(33)34(46)43-20-18-42(19-21-43)32(45)17-22-50(7,47)48/h9-16,23-24H,8,17-22H2,1-7H3/t36-,37+/m0/s1. The molecule has 3 heterocycles. The van der Waals surface area contributed by atoms with E-state index in [2.05, 4.69) is 20.8 Å². The molecule has 2 aliphatic rings. The van der Waals surface area contributed by atoms with Crippen molar-refractivity contribution in [2.24, 2.45) is 4.99 Å². The van der Waals surface area contributed by atoms with Gasteiger partial charge >= 0.3 is 6.03 Å². The van der Waals surface area contributed by atoms with E-state index in [4.69, 9.17) is 37.9 Å². The number of amides is 3. The molecule has 0 spiro atoms. The first-order valence-corrected chi connectivity index (χ1v) is 19.5. The lowest BCUT2D eigenvalue weighted by molar-refractivity contribution is -0.132. The predicted molar refractivity (Wildman–Crippen MR) is 198 cm³/mol. The van der Waals surface area contributed by atoms with E-state index in [9.17, 15) is 13.2 Å². The minimum absolute atomic E-state index is 0.0957. The summed E-state index contributed by atoms with van der Waals surface area (Å²) in [5.74, 6) is 0.488. The van der Waals surface area contributed by atoms with Crippen molar-refractivity contribution in [1.82, 2.24) is 19.7 Å². The molecule has 13 heteroatoms. The molecule has 0 aliphatic carbocycles. The van der Waals surface area contributed by atoms with Gasteiger partial charge in [0.05, 0.1) is 17.9 Å². The Balaban J connectivity index is 1.66. The van der Waals surface area contributed by atoms with Crippen LogP contribution in [-0.4, -0.2) is 90.7 Å². The molecule has 268 valence electrons. The maximum Gasteiger partial charge on any atom is 0.326 e. The number of pyridine rings is 1. The van der Waals surface area contributed by atoms with E-state index in [0.717, 1.165) is 23.1 Å². The normalized spacial score (nSPS) is 21.3. The van der Waals surface area contributed by atoms with Crippen molar-refractivity contribution in [3.63, 3.8) is 0 Å². The van der Waals surface area contributed by atoms with Crippen molar-refractivity contribution in [3.8, 4) is 5.75 Å². The van der Waals surface area contributed by atoms with Crippen LogP contribution in [0.5, 0.6) is 5.75 Å². The number of halogens is 2. The largest absolute Gasteiger partial charge is 0.493 e. The minimum Gasteiger partial charge on any atom is -0.493 e. The first kappa shape index (κ1) is 37.6. The molecule has 3 amide bonds. The second-order valence-electron chi connectivity index (χ2n) is 14.2. The van der Waals surface area contributed by atoms with Crippen LogP contribution in [0.1, 0.15) is 70.3 Å². The second-order valence-corrected chi connectivity index (χ2v) is 17.3. The Morgan fingerprint density at radius 3 is 1.96 bits per heavy atom. The summed E-state index contributed by atoms with van der Waals surface area (Å²) in [6, 6.07) is 16.5. The third-order valence-corrected chi connectivity index (χ3v) is 11.2. The Hall–Kier alpha value is -3.67. The van der Waals surface area contributed by atoms with Gasteiger partial charge in [-0.05, 0) is 56.2 Å². The third kappa shape index (κ3) is 7.36. The minimum atomic E-state index is -3.29. The Labute approximate surface area is 305 Å². The number of carbonyl (C=O) groups excluding carboxylic acids is 2. The Kier molecular flexibility index (Phi) is 10.6. The summed E-state index contributed by atoms with van der Waals surface area (Å²) < 4.78 is 29.6. The number of amidine groups is 1. The maximum absolute atomic E-state index is 15.1. The highest BCUT2D eigenvalue weighted by molar-refractivity contribution is 7.90. The average Bonchev–Trinajstić information content (AvgIpc) is 3.31. The molecule has 5 rings (SSSR count). The molecule has 0 radical (unpaired) electrons. The number of aromatic nitrogens is 1. The summed E-state index contributed by atoms with van der Waals surface area (Å²) >= 11 is 12.7. The van der Waals surface area contributed by atoms with Gasteiger partial charge in [0.15, 0.2) is 0 Å². The highest BCUT2D eigenvalue weighted by atomic mass is 35.5. The van der Waals surface area contributed by atoms with E-state index in [1.165, 1.54) is 0 Å². The van der Waals surface area contributed by atoms with Gasteiger partial charge in [-0.3, -0.25) is 19.7 Å². The van der Waals surface area contributed by atoms with Crippen LogP contribution in [0, 0.1) is 0 Å². The van der Waals surface area contributed by atoms with Crippen LogP contribution in [0.3, 0.4) is 0 Å². The molecule has 2 aliphatic heterocycles. The zero-order valence-electron chi connectivity index (χ0n) is 29.7. The van der Waals surface area contributed by atoms with E-state index in [0.29, 0.717) is 33.8 Å². The van der Waals surface area contributed by atoms with Crippen LogP contribution in [0.15, 0.2) is 65.8 Å². The summed E-state index contributed by atoms with van der Waals surface area (Å²) in [5, 5.41) is 1.13. The van der Waals surface area contributed by atoms with Crippen LogP contribution >= 0.6 is 23.2 Å². The molecular weight excluding hydrogens is 697 g/mol. The van der Waals surface area contributed by atoms with Gasteiger partial charge in [0.2, 0.25) is 5.91 Å². The van der Waals surface area contributed by atoms with E-state index in [-0.39, 0.29) is 55.7 Å². The quantitative estimate of drug-likeness (QED) is 0.255. The Morgan fingerprint density at radius 1 is 0.900 bits per heavy atom. The Bertz CT molecular complexity index is 1890. The van der Waals surface area contributed by atoms with E-state index in [1.807, 2.05) is 63.2 Å². The number of aliphatic imine (C=N–C) groups is 1. The van der Waals surface area contributed by atoms with Crippen molar-refractivity contribution in [1.29, 1.82) is 0 Å². The maximum atomic E-state index is 15.1. The van der Waals surface area contributed by atoms with Crippen LogP contribution in [0.25, 0.3) is 0 Å². The summed E-state index contributed by atoms with van der Waals surface area (Å²) in [6.07, 6.45) is 2.76. The number of rotatable bonds is 8. The molecule has 50 heavy (non-hydrogen) atoms. The second kappa shape index (κ2) is 14.2. The predicted octanol–water partition coefficient (Wildman–Crippen LogP) is 6.68. The fourth-order valence-electron chi connectivity index (χ4n) is 6.58. The number of nitrogens with zero attached hydrogens (tertiary/aromatic N) is 5. The molecule has 3 aromatic rings. The molecule has 10 nitrogen and oxygen atoms in total. The molecule has 0 bridgehead atoms.